The van der Waals surface area contributed by atoms with E-state index in [4.69, 9.17) is 38.7 Å². The summed E-state index contributed by atoms with van der Waals surface area (Å²) in [6.07, 6.45) is 8.06. The van der Waals surface area contributed by atoms with Gasteiger partial charge < -0.3 is 33.2 Å². The number of rotatable bonds is 20. The van der Waals surface area contributed by atoms with Crippen molar-refractivity contribution in [3.05, 3.63) is 130 Å². The van der Waals surface area contributed by atoms with Crippen molar-refractivity contribution < 1.29 is 52.3 Å². The number of nitrogens with zero attached hydrogens (tertiary/aromatic N) is 3. The summed E-state index contributed by atoms with van der Waals surface area (Å²) >= 11 is 0. The van der Waals surface area contributed by atoms with E-state index in [0.29, 0.717) is 56.8 Å². The summed E-state index contributed by atoms with van der Waals surface area (Å²) in [7, 11) is 8.92. The molecule has 4 aromatic rings. The van der Waals surface area contributed by atoms with Gasteiger partial charge in [-0.25, -0.2) is 0 Å². The number of carbonyl (C=O) groups is 4. The number of hydrogen-bond donors (Lipinski definition) is 0. The average molecular weight is 816 g/mol. The molecule has 0 aromatic heterocycles. The predicted octanol–water partition coefficient (Wildman–Crippen LogP) is 8.07. The van der Waals surface area contributed by atoms with Gasteiger partial charge in [0.25, 0.3) is 0 Å². The van der Waals surface area contributed by atoms with Gasteiger partial charge in [-0.05, 0) is 101 Å². The maximum absolute atomic E-state index is 14.7. The van der Waals surface area contributed by atoms with Crippen molar-refractivity contribution in [1.82, 2.24) is 0 Å². The Labute approximate surface area is 347 Å². The van der Waals surface area contributed by atoms with Gasteiger partial charge in [0.1, 0.15) is 11.5 Å². The van der Waals surface area contributed by atoms with E-state index in [1.165, 1.54) is 67.0 Å². The zero-order valence-electron chi connectivity index (χ0n) is 34.1. The molecular weight excluding hydrogens is 771 g/mol. The molecule has 14 heteroatoms. The Morgan fingerprint density at radius 2 is 1.22 bits per heavy atom. The maximum Gasteiger partial charge on any atom is 0.167 e. The molecule has 0 bridgehead atoms. The quantitative estimate of drug-likeness (QED) is 0.0277. The van der Waals surface area contributed by atoms with Gasteiger partial charge in [-0.15, -0.1) is 0 Å². The van der Waals surface area contributed by atoms with Crippen molar-refractivity contribution in [2.24, 2.45) is 17.0 Å². The lowest BCUT2D eigenvalue weighted by Crippen LogP contribution is -2.42. The van der Waals surface area contributed by atoms with Crippen LogP contribution in [0.1, 0.15) is 35.1 Å². The second-order valence-electron chi connectivity index (χ2n) is 13.6. The Balaban J connectivity index is 1.61. The van der Waals surface area contributed by atoms with Gasteiger partial charge in [0.2, 0.25) is 0 Å². The van der Waals surface area contributed by atoms with Gasteiger partial charge in [0, 0.05) is 16.7 Å². The van der Waals surface area contributed by atoms with E-state index in [9.17, 15) is 19.2 Å². The van der Waals surface area contributed by atoms with Crippen LogP contribution in [0.15, 0.2) is 102 Å². The molecule has 0 saturated heterocycles. The minimum absolute atomic E-state index is 0.174. The molecule has 0 radical (unpaired) electrons. The zero-order valence-corrected chi connectivity index (χ0v) is 34.1. The van der Waals surface area contributed by atoms with Crippen molar-refractivity contribution in [3.63, 3.8) is 0 Å². The summed E-state index contributed by atoms with van der Waals surface area (Å²) < 4.78 is 38.1. The first-order chi connectivity index (χ1) is 29.0. The molecule has 3 unspecified atom stereocenters. The highest BCUT2D eigenvalue weighted by molar-refractivity contribution is 6.17. The minimum atomic E-state index is -1.51. The molecule has 4 aromatic carbocycles. The Kier molecular flexibility index (Phi) is 14.9. The summed E-state index contributed by atoms with van der Waals surface area (Å²) in [5.74, 6) is -2.01. The summed E-state index contributed by atoms with van der Waals surface area (Å²) in [5.41, 5.74) is 9.33. The average Bonchev–Trinajstić information content (AvgIpc) is 3.63. The SMILES string of the molecule is COc1cccc(/C=C/C(=O)C(C(=O)/C=C/c2ccc(OC)c(OC)c2)C2(c3ccc(OC)c(OC)c3)CC(=O)C(C(=O)/C=C/c3ccc(OC)c(OCN=[N+]=[N-])c3)C2)c1. The van der Waals surface area contributed by atoms with Crippen molar-refractivity contribution in [2.75, 3.05) is 49.4 Å². The summed E-state index contributed by atoms with van der Waals surface area (Å²) in [5, 5.41) is 3.39. The Morgan fingerprint density at radius 3 is 1.80 bits per heavy atom. The first-order valence-electron chi connectivity index (χ1n) is 18.6. The van der Waals surface area contributed by atoms with Crippen LogP contribution < -0.4 is 33.2 Å². The van der Waals surface area contributed by atoms with Gasteiger partial charge in [0.05, 0.1) is 54.5 Å². The minimum Gasteiger partial charge on any atom is -0.497 e. The first kappa shape index (κ1) is 43.8. The van der Waals surface area contributed by atoms with Crippen LogP contribution in [0.3, 0.4) is 0 Å². The van der Waals surface area contributed by atoms with Crippen molar-refractivity contribution in [1.29, 1.82) is 0 Å². The fourth-order valence-electron chi connectivity index (χ4n) is 7.26. The monoisotopic (exact) mass is 815 g/mol. The molecule has 1 fully saturated rings. The van der Waals surface area contributed by atoms with Gasteiger partial charge in [-0.3, -0.25) is 19.2 Å². The van der Waals surface area contributed by atoms with Crippen molar-refractivity contribution in [3.8, 4) is 40.2 Å². The molecule has 5 rings (SSSR count). The standard InChI is InChI=1S/C46H45N3O11/c1-54-33-9-7-8-29(22-33)11-17-36(51)45(37(52)18-12-30-13-19-39(55-2)42(23-30)58-5)46(32-15-21-40(56-3)43(25-32)59-6)26-34(38(53)27-46)35(50)16-10-31-14-20-41(57-4)44(24-31)60-28-48-49-47/h7-25,34,45H,26-28H2,1-6H3/b16-10+,17-11+,18-12+. The zero-order chi connectivity index (χ0) is 43.2. The third kappa shape index (κ3) is 10.0. The van der Waals surface area contributed by atoms with Crippen LogP contribution in [0.5, 0.6) is 40.2 Å². The molecule has 1 saturated carbocycles. The van der Waals surface area contributed by atoms with Crippen molar-refractivity contribution >= 4 is 41.4 Å². The highest BCUT2D eigenvalue weighted by Crippen LogP contribution is 2.51. The summed E-state index contributed by atoms with van der Waals surface area (Å²) in [4.78, 5) is 60.4. The van der Waals surface area contributed by atoms with Crippen LogP contribution in [-0.4, -0.2) is 72.5 Å². The third-order valence-corrected chi connectivity index (χ3v) is 10.2. The lowest BCUT2D eigenvalue weighted by atomic mass is 9.64. The van der Waals surface area contributed by atoms with E-state index in [1.807, 2.05) is 0 Å². The third-order valence-electron chi connectivity index (χ3n) is 10.2. The summed E-state index contributed by atoms with van der Waals surface area (Å²) in [6, 6.07) is 22.0. The molecule has 3 atom stereocenters. The van der Waals surface area contributed by atoms with Crippen LogP contribution in [0.2, 0.25) is 0 Å². The van der Waals surface area contributed by atoms with E-state index < -0.39 is 40.4 Å². The number of ether oxygens (including phenoxy) is 7. The normalized spacial score (nSPS) is 16.6. The number of azide groups is 1. The number of ketones is 4. The second-order valence-corrected chi connectivity index (χ2v) is 13.6. The molecule has 0 heterocycles. The van der Waals surface area contributed by atoms with E-state index in [2.05, 4.69) is 10.0 Å². The van der Waals surface area contributed by atoms with E-state index in [-0.39, 0.29) is 25.3 Å². The molecular formula is C46H45N3O11. The number of hydrogen-bond acceptors (Lipinski definition) is 12. The van der Waals surface area contributed by atoms with Crippen LogP contribution in [0.25, 0.3) is 28.7 Å². The lowest BCUT2D eigenvalue weighted by molar-refractivity contribution is -0.131. The van der Waals surface area contributed by atoms with Crippen LogP contribution in [-0.2, 0) is 24.6 Å². The Bertz CT molecular complexity index is 2380. The maximum atomic E-state index is 14.7. The number of carbonyl (C=O) groups excluding carboxylic acids is 4. The molecule has 14 nitrogen and oxygen atoms in total. The number of benzene rings is 4. The lowest BCUT2D eigenvalue weighted by Gasteiger charge is -2.35. The van der Waals surface area contributed by atoms with Crippen LogP contribution >= 0.6 is 0 Å². The van der Waals surface area contributed by atoms with Gasteiger partial charge in [-0.1, -0.05) is 53.7 Å². The molecule has 0 aliphatic heterocycles. The van der Waals surface area contributed by atoms with E-state index in [0.717, 1.165) is 0 Å². The van der Waals surface area contributed by atoms with E-state index >= 15 is 0 Å². The topological polar surface area (TPSA) is 182 Å². The Morgan fingerprint density at radius 1 is 0.683 bits per heavy atom. The number of methoxy groups -OCH3 is 6. The largest absolute Gasteiger partial charge is 0.497 e. The molecule has 0 N–H and O–H groups in total. The molecule has 1 aliphatic carbocycles. The highest BCUT2D eigenvalue weighted by atomic mass is 16.5. The number of Topliss-reactive ketones (excluding diaryl/α,β-unsaturated/α-hetero) is 1. The molecule has 310 valence electrons. The van der Waals surface area contributed by atoms with Gasteiger partial charge in [0.15, 0.2) is 58.6 Å². The van der Waals surface area contributed by atoms with Gasteiger partial charge in [-0.2, -0.15) is 0 Å². The van der Waals surface area contributed by atoms with Crippen LogP contribution in [0.4, 0.5) is 0 Å². The molecule has 0 spiro atoms. The van der Waals surface area contributed by atoms with Gasteiger partial charge >= 0.3 is 0 Å². The Hall–Kier alpha value is -7.31. The van der Waals surface area contributed by atoms with Crippen LogP contribution in [0, 0.1) is 11.8 Å². The predicted molar refractivity (Wildman–Crippen MR) is 225 cm³/mol. The fraction of sp³-hybridized carbons (Fsp3) is 0.261. The summed E-state index contributed by atoms with van der Waals surface area (Å²) in [6.45, 7) is -0.287. The second kappa shape index (κ2) is 20.4. The fourth-order valence-corrected chi connectivity index (χ4v) is 7.26. The molecule has 1 aliphatic rings. The van der Waals surface area contributed by atoms with Crippen molar-refractivity contribution in [2.45, 2.75) is 18.3 Å². The van der Waals surface area contributed by atoms with E-state index in [1.54, 1.807) is 91.0 Å². The highest BCUT2D eigenvalue weighted by Gasteiger charge is 2.56. The first-order valence-corrected chi connectivity index (χ1v) is 18.6. The molecule has 60 heavy (non-hydrogen) atoms. The molecule has 0 amide bonds. The smallest absolute Gasteiger partial charge is 0.167 e. The number of allylic oxidation sites excluding steroid dienone is 3.